The predicted molar refractivity (Wildman–Crippen MR) is 107 cm³/mol. The van der Waals surface area contributed by atoms with Crippen molar-refractivity contribution in [3.05, 3.63) is 87.8 Å². The summed E-state index contributed by atoms with van der Waals surface area (Å²) in [7, 11) is 0. The van der Waals surface area contributed by atoms with Gasteiger partial charge >= 0.3 is 5.97 Å². The molecule has 2 aromatic carbocycles. The van der Waals surface area contributed by atoms with Crippen molar-refractivity contribution in [2.45, 2.75) is 26.4 Å². The highest BCUT2D eigenvalue weighted by molar-refractivity contribution is 5.92. The molecule has 166 valence electrons. The van der Waals surface area contributed by atoms with Gasteiger partial charge in [0.2, 0.25) is 5.88 Å². The average Bonchev–Trinajstić information content (AvgIpc) is 2.71. The average molecular weight is 444 g/mol. The Morgan fingerprint density at radius 2 is 1.88 bits per heavy atom. The molecule has 1 unspecified atom stereocenters. The van der Waals surface area contributed by atoms with Gasteiger partial charge in [-0.25, -0.2) is 18.0 Å². The molecule has 1 aliphatic rings. The van der Waals surface area contributed by atoms with Crippen LogP contribution >= 0.6 is 0 Å². The molecule has 9 heteroatoms. The lowest BCUT2D eigenvalue weighted by Crippen LogP contribution is -2.25. The standard InChI is InChI=1S/C23H19F3N2O4/c1-3-30-23(29)20-12(2)32-22(28)17(10-27)21(20)14-4-5-19(18(26)8-14)31-11-13-6-15(24)9-16(25)7-13/h4-9,21H,3,11,28H2,1-2H3. The Hall–Kier alpha value is -3.93. The number of allylic oxidation sites excluding steroid dienone is 2. The number of hydrogen-bond donors (Lipinski definition) is 1. The largest absolute Gasteiger partial charge is 0.486 e. The molecule has 1 heterocycles. The van der Waals surface area contributed by atoms with Gasteiger partial charge in [-0.15, -0.1) is 0 Å². The summed E-state index contributed by atoms with van der Waals surface area (Å²) in [5.74, 6) is -4.32. The van der Waals surface area contributed by atoms with Gasteiger partial charge in [0, 0.05) is 6.07 Å². The third-order valence-electron chi connectivity index (χ3n) is 4.71. The van der Waals surface area contributed by atoms with Crippen LogP contribution in [0.3, 0.4) is 0 Å². The van der Waals surface area contributed by atoms with E-state index in [0.29, 0.717) is 0 Å². The van der Waals surface area contributed by atoms with Crippen LogP contribution in [0.15, 0.2) is 59.2 Å². The number of benzene rings is 2. The molecular formula is C23H19F3N2O4. The minimum absolute atomic E-state index is 0.0286. The number of halogens is 3. The molecule has 0 bridgehead atoms. The van der Waals surface area contributed by atoms with Gasteiger partial charge in [0.25, 0.3) is 0 Å². The topological polar surface area (TPSA) is 94.6 Å². The van der Waals surface area contributed by atoms with Crippen LogP contribution in [0.5, 0.6) is 5.75 Å². The zero-order valence-electron chi connectivity index (χ0n) is 17.2. The number of carbonyl (C=O) groups excluding carboxylic acids is 1. The Bertz CT molecular complexity index is 1150. The first kappa shape index (κ1) is 22.7. The number of esters is 1. The molecule has 2 N–H and O–H groups in total. The van der Waals surface area contributed by atoms with Crippen LogP contribution in [0.4, 0.5) is 13.2 Å². The Morgan fingerprint density at radius 1 is 1.19 bits per heavy atom. The van der Waals surface area contributed by atoms with Gasteiger partial charge < -0.3 is 19.9 Å². The summed E-state index contributed by atoms with van der Waals surface area (Å²) in [5.41, 5.74) is 6.21. The Balaban J connectivity index is 1.93. The van der Waals surface area contributed by atoms with Crippen molar-refractivity contribution in [3.63, 3.8) is 0 Å². The van der Waals surface area contributed by atoms with Crippen molar-refractivity contribution in [2.24, 2.45) is 5.73 Å². The van der Waals surface area contributed by atoms with Gasteiger partial charge in [-0.3, -0.25) is 0 Å². The monoisotopic (exact) mass is 444 g/mol. The number of carbonyl (C=O) groups is 1. The molecule has 0 saturated carbocycles. The number of hydrogen-bond acceptors (Lipinski definition) is 6. The van der Waals surface area contributed by atoms with Crippen LogP contribution in [-0.4, -0.2) is 12.6 Å². The Labute approximate surface area is 182 Å². The van der Waals surface area contributed by atoms with E-state index in [1.165, 1.54) is 19.1 Å². The zero-order valence-corrected chi connectivity index (χ0v) is 17.2. The molecule has 2 aromatic rings. The van der Waals surface area contributed by atoms with Crippen molar-refractivity contribution in [1.29, 1.82) is 5.26 Å². The van der Waals surface area contributed by atoms with E-state index >= 15 is 0 Å². The second-order valence-corrected chi connectivity index (χ2v) is 6.87. The molecular weight excluding hydrogens is 425 g/mol. The normalized spacial score (nSPS) is 15.8. The Kier molecular flexibility index (Phi) is 6.73. The highest BCUT2D eigenvalue weighted by Gasteiger charge is 2.36. The smallest absolute Gasteiger partial charge is 0.338 e. The SMILES string of the molecule is CCOC(=O)C1=C(C)OC(N)=C(C#N)C1c1ccc(OCc2cc(F)cc(F)c2)c(F)c1. The number of nitrogens with two attached hydrogens (primary N) is 1. The van der Waals surface area contributed by atoms with E-state index in [0.717, 1.165) is 24.3 Å². The van der Waals surface area contributed by atoms with Crippen LogP contribution in [0.2, 0.25) is 0 Å². The van der Waals surface area contributed by atoms with Crippen LogP contribution in [0.25, 0.3) is 0 Å². The fourth-order valence-corrected chi connectivity index (χ4v) is 3.36. The van der Waals surface area contributed by atoms with Gasteiger partial charge in [-0.1, -0.05) is 6.07 Å². The number of nitriles is 1. The van der Waals surface area contributed by atoms with E-state index in [1.54, 1.807) is 6.92 Å². The second kappa shape index (κ2) is 9.47. The van der Waals surface area contributed by atoms with Crippen molar-refractivity contribution in [3.8, 4) is 11.8 Å². The minimum Gasteiger partial charge on any atom is -0.486 e. The first-order valence-corrected chi connectivity index (χ1v) is 9.57. The molecule has 1 aliphatic heterocycles. The lowest BCUT2D eigenvalue weighted by Gasteiger charge is -2.27. The van der Waals surface area contributed by atoms with E-state index in [-0.39, 0.29) is 52.9 Å². The van der Waals surface area contributed by atoms with Crippen molar-refractivity contribution < 1.29 is 32.2 Å². The second-order valence-electron chi connectivity index (χ2n) is 6.87. The zero-order chi connectivity index (χ0) is 23.4. The van der Waals surface area contributed by atoms with Gasteiger partial charge in [-0.05, 0) is 49.2 Å². The minimum atomic E-state index is -1.01. The summed E-state index contributed by atoms with van der Waals surface area (Å²) >= 11 is 0. The lowest BCUT2D eigenvalue weighted by molar-refractivity contribution is -0.139. The van der Waals surface area contributed by atoms with Gasteiger partial charge in [0.1, 0.15) is 35.6 Å². The molecule has 6 nitrogen and oxygen atoms in total. The number of rotatable bonds is 6. The van der Waals surface area contributed by atoms with Crippen molar-refractivity contribution >= 4 is 5.97 Å². The maximum atomic E-state index is 14.8. The summed E-state index contributed by atoms with van der Waals surface area (Å²) in [5, 5.41) is 9.57. The molecule has 1 atom stereocenters. The molecule has 0 amide bonds. The summed E-state index contributed by atoms with van der Waals surface area (Å²) in [6, 6.07) is 8.61. The Morgan fingerprint density at radius 3 is 2.47 bits per heavy atom. The van der Waals surface area contributed by atoms with E-state index < -0.39 is 29.3 Å². The van der Waals surface area contributed by atoms with Crippen molar-refractivity contribution in [2.75, 3.05) is 6.61 Å². The molecule has 0 aromatic heterocycles. The molecule has 0 fully saturated rings. The summed E-state index contributed by atoms with van der Waals surface area (Å²) < 4.78 is 57.2. The third-order valence-corrected chi connectivity index (χ3v) is 4.71. The van der Waals surface area contributed by atoms with Crippen molar-refractivity contribution in [1.82, 2.24) is 0 Å². The summed E-state index contributed by atoms with van der Waals surface area (Å²) in [6.07, 6.45) is 0. The van der Waals surface area contributed by atoms with Gasteiger partial charge in [0.15, 0.2) is 11.6 Å². The fourth-order valence-electron chi connectivity index (χ4n) is 3.36. The van der Waals surface area contributed by atoms with Crippen LogP contribution in [-0.2, 0) is 20.9 Å². The molecule has 32 heavy (non-hydrogen) atoms. The molecule has 0 spiro atoms. The fraction of sp³-hybridized carbons (Fsp3) is 0.217. The van der Waals surface area contributed by atoms with Crippen LogP contribution in [0, 0.1) is 28.8 Å². The quantitative estimate of drug-likeness (QED) is 0.667. The van der Waals surface area contributed by atoms with Gasteiger partial charge in [-0.2, -0.15) is 5.26 Å². The first-order valence-electron chi connectivity index (χ1n) is 9.57. The van der Waals surface area contributed by atoms with E-state index in [2.05, 4.69) is 0 Å². The summed E-state index contributed by atoms with van der Waals surface area (Å²) in [6.45, 7) is 2.93. The maximum absolute atomic E-state index is 14.8. The highest BCUT2D eigenvalue weighted by atomic mass is 19.1. The van der Waals surface area contributed by atoms with Gasteiger partial charge in [0.05, 0.1) is 18.1 Å². The van der Waals surface area contributed by atoms with Crippen LogP contribution in [0.1, 0.15) is 30.9 Å². The third kappa shape index (κ3) is 4.70. The lowest BCUT2D eigenvalue weighted by atomic mass is 9.83. The summed E-state index contributed by atoms with van der Waals surface area (Å²) in [4.78, 5) is 12.5. The number of nitrogens with zero attached hydrogens (tertiary/aromatic N) is 1. The first-order chi connectivity index (χ1) is 15.2. The predicted octanol–water partition coefficient (Wildman–Crippen LogP) is 4.33. The molecule has 0 radical (unpaired) electrons. The van der Waals surface area contributed by atoms with E-state index in [4.69, 9.17) is 19.9 Å². The molecule has 0 saturated heterocycles. The maximum Gasteiger partial charge on any atom is 0.338 e. The molecule has 3 rings (SSSR count). The van der Waals surface area contributed by atoms with E-state index in [1.807, 2.05) is 6.07 Å². The van der Waals surface area contributed by atoms with E-state index in [9.17, 15) is 23.2 Å². The van der Waals surface area contributed by atoms with Crippen LogP contribution < -0.4 is 10.5 Å². The number of ether oxygens (including phenoxy) is 3. The molecule has 0 aliphatic carbocycles. The highest BCUT2D eigenvalue weighted by Crippen LogP contribution is 2.40.